The first-order chi connectivity index (χ1) is 12.6. The molecule has 0 fully saturated rings. The molecule has 0 aliphatic carbocycles. The Morgan fingerprint density at radius 1 is 1.35 bits per heavy atom. The van der Waals surface area contributed by atoms with Gasteiger partial charge in [-0.25, -0.2) is 9.83 Å². The minimum atomic E-state index is 0.154. The van der Waals surface area contributed by atoms with Crippen LogP contribution in [0.3, 0.4) is 0 Å². The van der Waals surface area contributed by atoms with Crippen molar-refractivity contribution in [3.63, 3.8) is 0 Å². The van der Waals surface area contributed by atoms with Crippen molar-refractivity contribution in [3.05, 3.63) is 47.3 Å². The third kappa shape index (κ3) is 4.36. The Bertz CT molecular complexity index is 817. The van der Waals surface area contributed by atoms with Gasteiger partial charge in [-0.2, -0.15) is 0 Å². The molecule has 134 valence electrons. The van der Waals surface area contributed by atoms with Gasteiger partial charge in [0.25, 0.3) is 0 Å². The van der Waals surface area contributed by atoms with Gasteiger partial charge in [0.2, 0.25) is 11.6 Å². The Morgan fingerprint density at radius 3 is 2.96 bits per heavy atom. The van der Waals surface area contributed by atoms with Crippen molar-refractivity contribution in [2.45, 2.75) is 40.1 Å². The molecule has 2 heterocycles. The van der Waals surface area contributed by atoms with E-state index in [4.69, 9.17) is 16.0 Å². The predicted octanol–water partition coefficient (Wildman–Crippen LogP) is 4.55. The molecule has 1 aliphatic rings. The Labute approximate surface area is 155 Å². The zero-order chi connectivity index (χ0) is 18.5. The third-order valence-electron chi connectivity index (χ3n) is 4.47. The second-order valence-corrected chi connectivity index (χ2v) is 7.01. The van der Waals surface area contributed by atoms with Crippen LogP contribution >= 0.6 is 0 Å². The van der Waals surface area contributed by atoms with E-state index in [1.807, 2.05) is 6.07 Å². The lowest BCUT2D eigenvalue weighted by atomic mass is 9.64. The number of nitrogens with one attached hydrogen (secondary N) is 1. The van der Waals surface area contributed by atoms with Crippen molar-refractivity contribution in [1.29, 1.82) is 0 Å². The van der Waals surface area contributed by atoms with Crippen molar-refractivity contribution in [1.82, 2.24) is 4.98 Å². The van der Waals surface area contributed by atoms with Gasteiger partial charge in [0.1, 0.15) is 5.82 Å². The van der Waals surface area contributed by atoms with Gasteiger partial charge >= 0.3 is 6.92 Å². The van der Waals surface area contributed by atoms with Crippen LogP contribution in [0.1, 0.15) is 32.3 Å². The first kappa shape index (κ1) is 18.3. The van der Waals surface area contributed by atoms with Gasteiger partial charge < -0.3 is 14.7 Å². The minimum absolute atomic E-state index is 0.154. The zero-order valence-corrected chi connectivity index (χ0v) is 15.6. The quantitative estimate of drug-likeness (QED) is 0.453. The number of hydrogen-bond donors (Lipinski definition) is 1. The summed E-state index contributed by atoms with van der Waals surface area (Å²) >= 11 is 0. The van der Waals surface area contributed by atoms with Crippen LogP contribution in [0.5, 0.6) is 5.88 Å². The summed E-state index contributed by atoms with van der Waals surface area (Å²) in [6, 6.07) is 9.76. The number of pyridine rings is 1. The molecule has 1 aliphatic heterocycles. The maximum Gasteiger partial charge on any atom is 0.324 e. The minimum Gasteiger partial charge on any atom is -0.486 e. The molecule has 1 N–H and O–H groups in total. The van der Waals surface area contributed by atoms with E-state index >= 15 is 0 Å². The van der Waals surface area contributed by atoms with Crippen LogP contribution < -0.4 is 15.5 Å². The van der Waals surface area contributed by atoms with E-state index in [1.54, 1.807) is 12.1 Å². The van der Waals surface area contributed by atoms with Gasteiger partial charge in [0.15, 0.2) is 0 Å². The number of nitrogens with zero attached hydrogens (tertiary/aromatic N) is 2. The van der Waals surface area contributed by atoms with Crippen LogP contribution in [0.15, 0.2) is 30.3 Å². The fourth-order valence-electron chi connectivity index (χ4n) is 3.01. The molecule has 6 heteroatoms. The summed E-state index contributed by atoms with van der Waals surface area (Å²) in [5, 5.41) is 3.30. The van der Waals surface area contributed by atoms with E-state index in [1.165, 1.54) is 11.0 Å². The standard InChI is InChI=1S/C20H24BN3O2/c1-14(2)6-5-11-25-20-18(22-4)9-10-19(24-20)23-16-7-8-17-15(12-16)13-26-21(17)3/h7-10,12,14H,5-6,11,13H2,1-3H3,(H,23,24). The number of ether oxygens (including phenoxy) is 1. The molecule has 3 rings (SSSR count). The number of hydrogen-bond acceptors (Lipinski definition) is 4. The fourth-order valence-corrected chi connectivity index (χ4v) is 3.01. The average Bonchev–Trinajstić information content (AvgIpc) is 2.99. The lowest BCUT2D eigenvalue weighted by Crippen LogP contribution is -2.23. The van der Waals surface area contributed by atoms with E-state index in [2.05, 4.69) is 47.9 Å². The van der Waals surface area contributed by atoms with Crippen LogP contribution in [0.4, 0.5) is 17.2 Å². The summed E-state index contributed by atoms with van der Waals surface area (Å²) in [7, 11) is 0. The lowest BCUT2D eigenvalue weighted by Gasteiger charge is -2.12. The molecule has 0 amide bonds. The molecule has 26 heavy (non-hydrogen) atoms. The van der Waals surface area contributed by atoms with Gasteiger partial charge in [0.05, 0.1) is 19.8 Å². The van der Waals surface area contributed by atoms with Gasteiger partial charge in [-0.3, -0.25) is 0 Å². The Balaban J connectivity index is 1.70. The van der Waals surface area contributed by atoms with Crippen LogP contribution in [-0.2, 0) is 11.3 Å². The molecule has 1 aromatic heterocycles. The summed E-state index contributed by atoms with van der Waals surface area (Å²) in [6.07, 6.45) is 2.05. The molecule has 1 aromatic carbocycles. The van der Waals surface area contributed by atoms with Gasteiger partial charge in [0, 0.05) is 5.69 Å². The van der Waals surface area contributed by atoms with E-state index < -0.39 is 0 Å². The molecule has 0 bridgehead atoms. The molecule has 2 aromatic rings. The van der Waals surface area contributed by atoms with Crippen LogP contribution in [0.2, 0.25) is 6.82 Å². The summed E-state index contributed by atoms with van der Waals surface area (Å²) < 4.78 is 11.4. The number of fused-ring (bicyclic) bond motifs is 1. The molecule has 0 spiro atoms. The van der Waals surface area contributed by atoms with E-state index in [0.717, 1.165) is 18.5 Å². The highest BCUT2D eigenvalue weighted by Gasteiger charge is 2.23. The number of aromatic nitrogens is 1. The molecule has 0 saturated carbocycles. The maximum absolute atomic E-state index is 7.30. The van der Waals surface area contributed by atoms with Gasteiger partial charge in [-0.05, 0) is 54.1 Å². The predicted molar refractivity (Wildman–Crippen MR) is 106 cm³/mol. The van der Waals surface area contributed by atoms with Crippen molar-refractivity contribution in [3.8, 4) is 5.88 Å². The molecule has 0 radical (unpaired) electrons. The normalized spacial score (nSPS) is 12.8. The molecule has 0 unspecified atom stereocenters. The summed E-state index contributed by atoms with van der Waals surface area (Å²) in [5.74, 6) is 1.71. The average molecular weight is 349 g/mol. The van der Waals surface area contributed by atoms with E-state index in [9.17, 15) is 0 Å². The van der Waals surface area contributed by atoms with Crippen molar-refractivity contribution in [2.24, 2.45) is 5.92 Å². The highest BCUT2D eigenvalue weighted by Crippen LogP contribution is 2.29. The highest BCUT2D eigenvalue weighted by atomic mass is 16.5. The fraction of sp³-hybridized carbons (Fsp3) is 0.400. The Morgan fingerprint density at radius 2 is 2.19 bits per heavy atom. The van der Waals surface area contributed by atoms with Crippen LogP contribution in [0.25, 0.3) is 4.85 Å². The van der Waals surface area contributed by atoms with Crippen molar-refractivity contribution in [2.75, 3.05) is 11.9 Å². The van der Waals surface area contributed by atoms with Crippen molar-refractivity contribution < 1.29 is 9.39 Å². The molecular weight excluding hydrogens is 325 g/mol. The first-order valence-electron chi connectivity index (χ1n) is 9.09. The van der Waals surface area contributed by atoms with Crippen LogP contribution in [-0.4, -0.2) is 18.5 Å². The summed E-state index contributed by atoms with van der Waals surface area (Å²) in [5.41, 5.74) is 3.83. The highest BCUT2D eigenvalue weighted by molar-refractivity contribution is 6.67. The van der Waals surface area contributed by atoms with E-state index in [-0.39, 0.29) is 6.92 Å². The maximum atomic E-state index is 7.30. The van der Waals surface area contributed by atoms with E-state index in [0.29, 0.717) is 36.5 Å². The van der Waals surface area contributed by atoms with Gasteiger partial charge in [-0.15, -0.1) is 0 Å². The molecule has 0 saturated heterocycles. The van der Waals surface area contributed by atoms with Gasteiger partial charge in [-0.1, -0.05) is 26.7 Å². The smallest absolute Gasteiger partial charge is 0.324 e. The van der Waals surface area contributed by atoms with Crippen molar-refractivity contribution >= 4 is 29.6 Å². The number of anilines is 2. The second-order valence-electron chi connectivity index (χ2n) is 7.01. The molecular formula is C20H24BN3O2. The molecule has 5 nitrogen and oxygen atoms in total. The third-order valence-corrected chi connectivity index (χ3v) is 4.47. The Hall–Kier alpha value is -2.52. The topological polar surface area (TPSA) is 47.7 Å². The monoisotopic (exact) mass is 349 g/mol. The number of benzene rings is 1. The number of rotatable bonds is 7. The first-order valence-corrected chi connectivity index (χ1v) is 9.09. The lowest BCUT2D eigenvalue weighted by molar-refractivity contribution is 0.289. The summed E-state index contributed by atoms with van der Waals surface area (Å²) in [4.78, 5) is 7.99. The largest absolute Gasteiger partial charge is 0.486 e. The van der Waals surface area contributed by atoms with Crippen LogP contribution in [0, 0.1) is 12.5 Å². The zero-order valence-electron chi connectivity index (χ0n) is 15.6. The summed E-state index contributed by atoms with van der Waals surface area (Å²) in [6.45, 7) is 15.1. The second kappa shape index (κ2) is 8.24. The molecule has 0 atom stereocenters. The SMILES string of the molecule is [C-]#[N+]c1ccc(Nc2ccc3c(c2)COB3C)nc1OCCCC(C)C. The Kier molecular flexibility index (Phi) is 5.80.